The summed E-state index contributed by atoms with van der Waals surface area (Å²) in [4.78, 5) is 42.8. The molecule has 0 saturated carbocycles. The number of amides is 2. The molecular formula is C34H37IN4O6. The van der Waals surface area contributed by atoms with Crippen molar-refractivity contribution in [1.29, 1.82) is 0 Å². The SMILES string of the molecule is C=CCN(C(=O)OCc1ccc([N+](=O)[O-])cc1)C1CCN(C[C@@H]2CN(C(=O)c3cccc(I)c3)C[C@@]2(O)c2ccccc2)CC1. The molecule has 0 spiro atoms. The number of nitro benzene ring substituents is 1. The third-order valence-electron chi connectivity index (χ3n) is 8.73. The molecule has 2 fully saturated rings. The minimum Gasteiger partial charge on any atom is -0.445 e. The van der Waals surface area contributed by atoms with E-state index in [1.807, 2.05) is 54.6 Å². The van der Waals surface area contributed by atoms with Crippen molar-refractivity contribution in [3.05, 3.63) is 122 Å². The molecule has 2 aliphatic rings. The number of benzene rings is 3. The molecule has 2 aliphatic heterocycles. The fourth-order valence-electron chi connectivity index (χ4n) is 6.30. The number of non-ortho nitro benzene ring substituents is 1. The number of nitro groups is 1. The molecule has 2 atom stereocenters. The fourth-order valence-corrected chi connectivity index (χ4v) is 6.84. The Labute approximate surface area is 276 Å². The smallest absolute Gasteiger partial charge is 0.410 e. The molecule has 0 unspecified atom stereocenters. The molecule has 2 heterocycles. The maximum absolute atomic E-state index is 13.5. The first kappa shape index (κ1) is 32.6. The van der Waals surface area contributed by atoms with Gasteiger partial charge in [0, 0.05) is 65.9 Å². The van der Waals surface area contributed by atoms with E-state index < -0.39 is 16.6 Å². The zero-order chi connectivity index (χ0) is 32.0. The lowest BCUT2D eigenvalue weighted by Crippen LogP contribution is -2.50. The van der Waals surface area contributed by atoms with Crippen LogP contribution in [0.1, 0.15) is 34.3 Å². The number of rotatable bonds is 10. The number of nitrogens with zero attached hydrogens (tertiary/aromatic N) is 4. The molecule has 45 heavy (non-hydrogen) atoms. The standard InChI is InChI=1S/C34H37IN4O6/c1-2-17-38(33(41)45-23-25-11-13-31(14-12-25)39(43)44)30-15-18-36(19-16-30)21-28-22-37(32(40)26-7-6-10-29(35)20-26)24-34(28,42)27-8-4-3-5-9-27/h2-14,20,28,30,42H,1,15-19,21-24H2/t28-,34-/m1/s1. The van der Waals surface area contributed by atoms with Gasteiger partial charge in [-0.2, -0.15) is 0 Å². The van der Waals surface area contributed by atoms with Crippen molar-refractivity contribution in [2.45, 2.75) is 31.1 Å². The Balaban J connectivity index is 1.22. The Morgan fingerprint density at radius 3 is 2.44 bits per heavy atom. The van der Waals surface area contributed by atoms with Crippen LogP contribution in [0.3, 0.4) is 0 Å². The van der Waals surface area contributed by atoms with Crippen LogP contribution in [-0.4, -0.2) is 82.0 Å². The van der Waals surface area contributed by atoms with E-state index in [9.17, 15) is 24.8 Å². The summed E-state index contributed by atoms with van der Waals surface area (Å²) in [5, 5.41) is 23.0. The van der Waals surface area contributed by atoms with Gasteiger partial charge in [0.2, 0.25) is 0 Å². The molecule has 3 aromatic rings. The Morgan fingerprint density at radius 2 is 1.80 bits per heavy atom. The summed E-state index contributed by atoms with van der Waals surface area (Å²) in [5.41, 5.74) is 0.874. The fraction of sp³-hybridized carbons (Fsp3) is 0.353. The van der Waals surface area contributed by atoms with E-state index in [1.54, 1.807) is 28.0 Å². The van der Waals surface area contributed by atoms with Crippen LogP contribution in [0.4, 0.5) is 10.5 Å². The number of halogens is 1. The Bertz CT molecular complexity index is 1510. The maximum Gasteiger partial charge on any atom is 0.410 e. The molecule has 0 aromatic heterocycles. The molecule has 0 radical (unpaired) electrons. The minimum absolute atomic E-state index is 0.0143. The van der Waals surface area contributed by atoms with E-state index in [1.165, 1.54) is 12.1 Å². The van der Waals surface area contributed by atoms with Gasteiger partial charge in [0.1, 0.15) is 12.2 Å². The molecule has 0 bridgehead atoms. The largest absolute Gasteiger partial charge is 0.445 e. The average Bonchev–Trinajstić information content (AvgIpc) is 3.39. The molecule has 5 rings (SSSR count). The Morgan fingerprint density at radius 1 is 1.09 bits per heavy atom. The van der Waals surface area contributed by atoms with Crippen LogP contribution in [0.25, 0.3) is 0 Å². The number of carbonyl (C=O) groups excluding carboxylic acids is 2. The van der Waals surface area contributed by atoms with Crippen molar-refractivity contribution in [2.75, 3.05) is 39.3 Å². The molecule has 1 N–H and O–H groups in total. The molecular weight excluding hydrogens is 687 g/mol. The van der Waals surface area contributed by atoms with Gasteiger partial charge in [-0.15, -0.1) is 6.58 Å². The molecule has 3 aromatic carbocycles. The summed E-state index contributed by atoms with van der Waals surface area (Å²) >= 11 is 2.20. The normalized spacial score (nSPS) is 20.5. The van der Waals surface area contributed by atoms with Crippen molar-refractivity contribution in [3.8, 4) is 0 Å². The molecule has 236 valence electrons. The van der Waals surface area contributed by atoms with Crippen LogP contribution in [-0.2, 0) is 16.9 Å². The molecule has 2 saturated heterocycles. The Kier molecular flexibility index (Phi) is 10.5. The highest BCUT2D eigenvalue weighted by molar-refractivity contribution is 14.1. The quantitative estimate of drug-likeness (QED) is 0.128. The van der Waals surface area contributed by atoms with Gasteiger partial charge in [-0.05, 0) is 76.9 Å². The second kappa shape index (κ2) is 14.5. The van der Waals surface area contributed by atoms with Gasteiger partial charge < -0.3 is 24.5 Å². The molecule has 0 aliphatic carbocycles. The summed E-state index contributed by atoms with van der Waals surface area (Å²) in [6.45, 7) is 6.88. The first-order chi connectivity index (χ1) is 21.7. The number of β-amino-alcohol motifs (C(OH)–C–C–N with tert-alkyl or cyclic N) is 1. The van der Waals surface area contributed by atoms with Gasteiger partial charge in [-0.3, -0.25) is 14.9 Å². The van der Waals surface area contributed by atoms with Crippen molar-refractivity contribution in [3.63, 3.8) is 0 Å². The zero-order valence-corrected chi connectivity index (χ0v) is 27.1. The van der Waals surface area contributed by atoms with Gasteiger partial charge >= 0.3 is 6.09 Å². The van der Waals surface area contributed by atoms with Crippen LogP contribution < -0.4 is 0 Å². The van der Waals surface area contributed by atoms with Gasteiger partial charge in [-0.25, -0.2) is 4.79 Å². The predicted octanol–water partition coefficient (Wildman–Crippen LogP) is 5.45. The van der Waals surface area contributed by atoms with Crippen LogP contribution >= 0.6 is 22.6 Å². The van der Waals surface area contributed by atoms with Gasteiger partial charge in [-0.1, -0.05) is 42.5 Å². The highest BCUT2D eigenvalue weighted by atomic mass is 127. The van der Waals surface area contributed by atoms with Crippen molar-refractivity contribution in [2.24, 2.45) is 5.92 Å². The molecule has 10 nitrogen and oxygen atoms in total. The summed E-state index contributed by atoms with van der Waals surface area (Å²) in [6, 6.07) is 23.0. The number of aliphatic hydroxyl groups is 1. The lowest BCUT2D eigenvalue weighted by molar-refractivity contribution is -0.384. The summed E-state index contributed by atoms with van der Waals surface area (Å²) in [6.07, 6.45) is 2.67. The second-order valence-corrected chi connectivity index (χ2v) is 12.9. The van der Waals surface area contributed by atoms with E-state index in [0.29, 0.717) is 30.8 Å². The number of piperidine rings is 1. The third-order valence-corrected chi connectivity index (χ3v) is 9.40. The molecule has 11 heteroatoms. The molecule has 2 amide bonds. The van der Waals surface area contributed by atoms with Gasteiger partial charge in [0.05, 0.1) is 11.5 Å². The minimum atomic E-state index is -1.19. The van der Waals surface area contributed by atoms with Crippen LogP contribution in [0, 0.1) is 19.6 Å². The number of carbonyl (C=O) groups is 2. The number of hydrogen-bond donors (Lipinski definition) is 1. The van der Waals surface area contributed by atoms with E-state index in [2.05, 4.69) is 34.1 Å². The lowest BCUT2D eigenvalue weighted by atomic mass is 9.83. The van der Waals surface area contributed by atoms with Crippen molar-refractivity contribution in [1.82, 2.24) is 14.7 Å². The van der Waals surface area contributed by atoms with Crippen LogP contribution in [0.5, 0.6) is 0 Å². The summed E-state index contributed by atoms with van der Waals surface area (Å²) < 4.78 is 6.55. The zero-order valence-electron chi connectivity index (χ0n) is 25.0. The lowest BCUT2D eigenvalue weighted by Gasteiger charge is -2.40. The summed E-state index contributed by atoms with van der Waals surface area (Å²) in [7, 11) is 0. The highest BCUT2D eigenvalue weighted by Crippen LogP contribution is 2.39. The second-order valence-electron chi connectivity index (χ2n) is 11.6. The van der Waals surface area contributed by atoms with E-state index in [0.717, 1.165) is 35.1 Å². The van der Waals surface area contributed by atoms with Gasteiger partial charge in [0.15, 0.2) is 0 Å². The average molecular weight is 725 g/mol. The predicted molar refractivity (Wildman–Crippen MR) is 179 cm³/mol. The van der Waals surface area contributed by atoms with Crippen LogP contribution in [0.15, 0.2) is 91.5 Å². The number of likely N-dealkylation sites (tertiary alicyclic amines) is 2. The third kappa shape index (κ3) is 7.71. The van der Waals surface area contributed by atoms with E-state index >= 15 is 0 Å². The Hall–Kier alpha value is -3.81. The number of ether oxygens (including phenoxy) is 1. The van der Waals surface area contributed by atoms with E-state index in [4.69, 9.17) is 4.74 Å². The van der Waals surface area contributed by atoms with Crippen LogP contribution in [0.2, 0.25) is 0 Å². The van der Waals surface area contributed by atoms with Crippen molar-refractivity contribution < 1.29 is 24.4 Å². The van der Waals surface area contributed by atoms with Gasteiger partial charge in [0.25, 0.3) is 11.6 Å². The summed E-state index contributed by atoms with van der Waals surface area (Å²) in [5.74, 6) is -0.282. The maximum atomic E-state index is 13.5. The monoisotopic (exact) mass is 724 g/mol. The topological polar surface area (TPSA) is 116 Å². The highest BCUT2D eigenvalue weighted by Gasteiger charge is 2.48. The van der Waals surface area contributed by atoms with Crippen molar-refractivity contribution >= 4 is 40.3 Å². The first-order valence-electron chi connectivity index (χ1n) is 15.0. The first-order valence-corrected chi connectivity index (χ1v) is 16.1. The number of hydrogen-bond acceptors (Lipinski definition) is 7. The van der Waals surface area contributed by atoms with E-state index in [-0.39, 0.29) is 36.7 Å².